The SMILES string of the molecule is Cc1nc(-c2ccc3ccccc3c2)sc1-c1ccnc(-c2cccnc2)n1. The topological polar surface area (TPSA) is 51.6 Å². The third kappa shape index (κ3) is 3.06. The van der Waals surface area contributed by atoms with Crippen LogP contribution in [-0.4, -0.2) is 19.9 Å². The Morgan fingerprint density at radius 3 is 2.54 bits per heavy atom. The maximum Gasteiger partial charge on any atom is 0.161 e. The number of rotatable bonds is 3. The standard InChI is InChI=1S/C23H16N4S/c1-15-21(20-10-12-25-22(27-20)19-7-4-11-24-14-19)28-23(26-15)18-9-8-16-5-2-3-6-17(16)13-18/h2-14H,1H3. The van der Waals surface area contributed by atoms with Crippen LogP contribution in [0.3, 0.4) is 0 Å². The van der Waals surface area contributed by atoms with Gasteiger partial charge in [0.15, 0.2) is 5.82 Å². The number of fused-ring (bicyclic) bond motifs is 1. The average Bonchev–Trinajstić information content (AvgIpc) is 3.16. The quantitative estimate of drug-likeness (QED) is 0.397. The van der Waals surface area contributed by atoms with Crippen molar-refractivity contribution >= 4 is 22.1 Å². The molecule has 2 aromatic carbocycles. The molecule has 0 spiro atoms. The van der Waals surface area contributed by atoms with E-state index in [4.69, 9.17) is 9.97 Å². The summed E-state index contributed by atoms with van der Waals surface area (Å²) in [5.74, 6) is 0.672. The zero-order valence-corrected chi connectivity index (χ0v) is 16.0. The fraction of sp³-hybridized carbons (Fsp3) is 0.0435. The van der Waals surface area contributed by atoms with E-state index in [0.29, 0.717) is 5.82 Å². The van der Waals surface area contributed by atoms with E-state index >= 15 is 0 Å². The number of hydrogen-bond acceptors (Lipinski definition) is 5. The molecule has 4 nitrogen and oxygen atoms in total. The zero-order valence-electron chi connectivity index (χ0n) is 15.2. The largest absolute Gasteiger partial charge is 0.264 e. The third-order valence-corrected chi connectivity index (χ3v) is 5.83. The van der Waals surface area contributed by atoms with E-state index < -0.39 is 0 Å². The van der Waals surface area contributed by atoms with Crippen molar-refractivity contribution in [3.05, 3.63) is 84.9 Å². The molecule has 28 heavy (non-hydrogen) atoms. The molecule has 0 amide bonds. The van der Waals surface area contributed by atoms with Crippen molar-refractivity contribution in [2.24, 2.45) is 0 Å². The van der Waals surface area contributed by atoms with Crippen LogP contribution >= 0.6 is 11.3 Å². The number of benzene rings is 2. The minimum Gasteiger partial charge on any atom is -0.264 e. The molecule has 3 heterocycles. The Labute approximate surface area is 166 Å². The highest BCUT2D eigenvalue weighted by Crippen LogP contribution is 2.35. The van der Waals surface area contributed by atoms with Crippen LogP contribution in [0.4, 0.5) is 0 Å². The van der Waals surface area contributed by atoms with Gasteiger partial charge < -0.3 is 0 Å². The van der Waals surface area contributed by atoms with Gasteiger partial charge in [0.25, 0.3) is 0 Å². The summed E-state index contributed by atoms with van der Waals surface area (Å²) in [4.78, 5) is 19.2. The summed E-state index contributed by atoms with van der Waals surface area (Å²) in [5.41, 5.74) is 3.89. The van der Waals surface area contributed by atoms with E-state index in [1.807, 2.05) is 25.1 Å². The smallest absolute Gasteiger partial charge is 0.161 e. The highest BCUT2D eigenvalue weighted by molar-refractivity contribution is 7.18. The molecular weight excluding hydrogens is 364 g/mol. The second-order valence-electron chi connectivity index (χ2n) is 6.50. The van der Waals surface area contributed by atoms with E-state index in [-0.39, 0.29) is 0 Å². The lowest BCUT2D eigenvalue weighted by Crippen LogP contribution is -1.91. The first-order valence-corrected chi connectivity index (χ1v) is 9.80. The van der Waals surface area contributed by atoms with Crippen LogP contribution in [0.1, 0.15) is 5.69 Å². The van der Waals surface area contributed by atoms with Crippen LogP contribution < -0.4 is 0 Å². The highest BCUT2D eigenvalue weighted by Gasteiger charge is 2.14. The third-order valence-electron chi connectivity index (χ3n) is 4.60. The van der Waals surface area contributed by atoms with Gasteiger partial charge in [0, 0.05) is 29.7 Å². The zero-order chi connectivity index (χ0) is 18.9. The molecule has 0 aliphatic heterocycles. The second kappa shape index (κ2) is 6.94. The van der Waals surface area contributed by atoms with E-state index in [0.717, 1.165) is 32.4 Å². The fourth-order valence-electron chi connectivity index (χ4n) is 3.20. The summed E-state index contributed by atoms with van der Waals surface area (Å²) >= 11 is 1.66. The second-order valence-corrected chi connectivity index (χ2v) is 7.50. The summed E-state index contributed by atoms with van der Waals surface area (Å²) in [6, 6.07) is 20.6. The van der Waals surface area contributed by atoms with Crippen molar-refractivity contribution in [3.63, 3.8) is 0 Å². The Kier molecular flexibility index (Phi) is 4.14. The molecule has 5 heteroatoms. The minimum atomic E-state index is 0.672. The van der Waals surface area contributed by atoms with Crippen molar-refractivity contribution in [1.82, 2.24) is 19.9 Å². The summed E-state index contributed by atoms with van der Waals surface area (Å²) in [5, 5.41) is 3.45. The van der Waals surface area contributed by atoms with Gasteiger partial charge in [-0.25, -0.2) is 15.0 Å². The van der Waals surface area contributed by atoms with Crippen molar-refractivity contribution in [3.8, 4) is 32.5 Å². The van der Waals surface area contributed by atoms with Gasteiger partial charge in [0.05, 0.1) is 16.3 Å². The number of hydrogen-bond donors (Lipinski definition) is 0. The fourth-order valence-corrected chi connectivity index (χ4v) is 4.23. The van der Waals surface area contributed by atoms with Crippen LogP contribution in [0.5, 0.6) is 0 Å². The number of pyridine rings is 1. The van der Waals surface area contributed by atoms with Gasteiger partial charge in [-0.05, 0) is 42.0 Å². The molecule has 0 aliphatic carbocycles. The maximum atomic E-state index is 4.81. The van der Waals surface area contributed by atoms with Gasteiger partial charge in [-0.3, -0.25) is 4.98 Å². The van der Waals surface area contributed by atoms with Crippen LogP contribution in [0.15, 0.2) is 79.3 Å². The lowest BCUT2D eigenvalue weighted by atomic mass is 10.1. The molecule has 0 bridgehead atoms. The summed E-state index contributed by atoms with van der Waals surface area (Å²) in [6.07, 6.45) is 5.31. The van der Waals surface area contributed by atoms with Crippen LogP contribution in [0, 0.1) is 6.92 Å². The Balaban J connectivity index is 1.56. The van der Waals surface area contributed by atoms with Gasteiger partial charge in [-0.1, -0.05) is 36.4 Å². The number of thiazole rings is 1. The van der Waals surface area contributed by atoms with Crippen molar-refractivity contribution in [2.45, 2.75) is 6.92 Å². The maximum absolute atomic E-state index is 4.81. The molecular formula is C23H16N4S. The molecule has 5 aromatic rings. The average molecular weight is 380 g/mol. The van der Waals surface area contributed by atoms with Crippen molar-refractivity contribution in [1.29, 1.82) is 0 Å². The van der Waals surface area contributed by atoms with Gasteiger partial charge >= 0.3 is 0 Å². The van der Waals surface area contributed by atoms with Crippen molar-refractivity contribution in [2.75, 3.05) is 0 Å². The molecule has 0 radical (unpaired) electrons. The number of aromatic nitrogens is 4. The Morgan fingerprint density at radius 2 is 1.68 bits per heavy atom. The van der Waals surface area contributed by atoms with Gasteiger partial charge in [-0.2, -0.15) is 0 Å². The number of aryl methyl sites for hydroxylation is 1. The van der Waals surface area contributed by atoms with E-state index in [2.05, 4.69) is 52.4 Å². The Morgan fingerprint density at radius 1 is 0.786 bits per heavy atom. The van der Waals surface area contributed by atoms with E-state index in [1.54, 1.807) is 29.9 Å². The van der Waals surface area contributed by atoms with Crippen LogP contribution in [-0.2, 0) is 0 Å². The first kappa shape index (κ1) is 16.7. The first-order chi connectivity index (χ1) is 13.8. The van der Waals surface area contributed by atoms with Crippen molar-refractivity contribution < 1.29 is 0 Å². The molecule has 0 fully saturated rings. The summed E-state index contributed by atoms with van der Waals surface area (Å²) < 4.78 is 0. The molecule has 0 atom stereocenters. The number of nitrogens with zero attached hydrogens (tertiary/aromatic N) is 4. The molecule has 0 unspecified atom stereocenters. The lowest BCUT2D eigenvalue weighted by molar-refractivity contribution is 1.16. The molecule has 0 aliphatic rings. The predicted molar refractivity (Wildman–Crippen MR) is 114 cm³/mol. The van der Waals surface area contributed by atoms with Crippen LogP contribution in [0.2, 0.25) is 0 Å². The molecule has 0 saturated carbocycles. The molecule has 5 rings (SSSR count). The van der Waals surface area contributed by atoms with Crippen LogP contribution in [0.25, 0.3) is 43.3 Å². The lowest BCUT2D eigenvalue weighted by Gasteiger charge is -2.02. The molecule has 3 aromatic heterocycles. The molecule has 0 saturated heterocycles. The first-order valence-electron chi connectivity index (χ1n) is 8.98. The highest BCUT2D eigenvalue weighted by atomic mass is 32.1. The van der Waals surface area contributed by atoms with E-state index in [9.17, 15) is 0 Å². The predicted octanol–water partition coefficient (Wildman–Crippen LogP) is 5.79. The van der Waals surface area contributed by atoms with Gasteiger partial charge in [0.1, 0.15) is 5.01 Å². The molecule has 134 valence electrons. The monoisotopic (exact) mass is 380 g/mol. The van der Waals surface area contributed by atoms with E-state index in [1.165, 1.54) is 10.8 Å². The van der Waals surface area contributed by atoms with Gasteiger partial charge in [-0.15, -0.1) is 11.3 Å². The minimum absolute atomic E-state index is 0.672. The van der Waals surface area contributed by atoms with Gasteiger partial charge in [0.2, 0.25) is 0 Å². The molecule has 0 N–H and O–H groups in total. The Hall–Kier alpha value is -3.44. The Bertz CT molecular complexity index is 1280. The summed E-state index contributed by atoms with van der Waals surface area (Å²) in [6.45, 7) is 2.03. The normalized spacial score (nSPS) is 11.0. The summed E-state index contributed by atoms with van der Waals surface area (Å²) in [7, 11) is 0.